The molecule has 0 amide bonds. The van der Waals surface area contributed by atoms with Crippen molar-refractivity contribution in [2.45, 2.75) is 5.41 Å². The monoisotopic (exact) mass is 802 g/mol. The molecule has 3 heteroatoms. The first-order chi connectivity index (χ1) is 28.7. The third-order valence-electron chi connectivity index (χ3n) is 12.4. The maximum Gasteiger partial charge on any atom is 0.0726 e. The average molecular weight is 804 g/mol. The van der Waals surface area contributed by atoms with Crippen molar-refractivity contribution in [1.29, 1.82) is 0 Å². The summed E-state index contributed by atoms with van der Waals surface area (Å²) in [4.78, 5) is 2.43. The number of rotatable bonds is 5. The highest BCUT2D eigenvalue weighted by molar-refractivity contribution is 9.10. The van der Waals surface area contributed by atoms with Crippen molar-refractivity contribution in [3.63, 3.8) is 0 Å². The maximum atomic E-state index is 4.00. The number of aromatic nitrogens is 1. The van der Waals surface area contributed by atoms with E-state index in [0.29, 0.717) is 0 Å². The quantitative estimate of drug-likeness (QED) is 0.168. The summed E-state index contributed by atoms with van der Waals surface area (Å²) in [5.41, 5.74) is 19.2. The van der Waals surface area contributed by atoms with Crippen LogP contribution in [0.25, 0.3) is 60.9 Å². The highest BCUT2D eigenvalue weighted by atomic mass is 79.9. The van der Waals surface area contributed by atoms with Crippen LogP contribution in [0.3, 0.4) is 0 Å². The summed E-state index contributed by atoms with van der Waals surface area (Å²) in [5, 5.41) is 2.49. The molecule has 0 bridgehead atoms. The van der Waals surface area contributed by atoms with Crippen LogP contribution in [-0.2, 0) is 5.41 Å². The lowest BCUT2D eigenvalue weighted by atomic mass is 9.70. The Morgan fingerprint density at radius 3 is 1.45 bits per heavy atom. The molecular formula is C55H35BrN2. The van der Waals surface area contributed by atoms with Crippen molar-refractivity contribution < 1.29 is 0 Å². The first-order valence-corrected chi connectivity index (χ1v) is 20.7. The van der Waals surface area contributed by atoms with E-state index in [1.807, 2.05) is 0 Å². The van der Waals surface area contributed by atoms with Crippen molar-refractivity contribution in [3.8, 4) is 39.1 Å². The molecule has 0 atom stereocenters. The summed E-state index contributed by atoms with van der Waals surface area (Å²) >= 11 is 4.00. The Labute approximate surface area is 346 Å². The van der Waals surface area contributed by atoms with E-state index in [4.69, 9.17) is 0 Å². The summed E-state index contributed by atoms with van der Waals surface area (Å²) in [5.74, 6) is 0. The van der Waals surface area contributed by atoms with Crippen LogP contribution in [0.5, 0.6) is 0 Å². The van der Waals surface area contributed by atoms with E-state index >= 15 is 0 Å². The number of para-hydroxylation sites is 2. The Balaban J connectivity index is 1.11. The van der Waals surface area contributed by atoms with E-state index in [-0.39, 0.29) is 0 Å². The molecule has 272 valence electrons. The number of hydrogen-bond donors (Lipinski definition) is 0. The predicted octanol–water partition coefficient (Wildman–Crippen LogP) is 15.0. The smallest absolute Gasteiger partial charge is 0.0726 e. The van der Waals surface area contributed by atoms with Crippen LogP contribution in [0.2, 0.25) is 0 Å². The SMILES string of the molecule is Brc1cc(N(c2ccc(-c3ccccc3)cc2)c2ccc3c(c2)C2(c4ccccc4-c4ccccc42)c2ccccc2-3)cc(-n2c3ccccc3c3ccccc32)c1. The highest BCUT2D eigenvalue weighted by Gasteiger charge is 2.51. The lowest BCUT2D eigenvalue weighted by Gasteiger charge is -2.32. The third kappa shape index (κ3) is 4.71. The first kappa shape index (κ1) is 33.2. The molecule has 0 aliphatic heterocycles. The fourth-order valence-corrected chi connectivity index (χ4v) is 10.6. The summed E-state index contributed by atoms with van der Waals surface area (Å²) in [6.45, 7) is 0. The summed E-state index contributed by atoms with van der Waals surface area (Å²) < 4.78 is 3.41. The van der Waals surface area contributed by atoms with E-state index < -0.39 is 5.41 Å². The Bertz CT molecular complexity index is 3130. The number of hydrogen-bond acceptors (Lipinski definition) is 1. The Hall–Kier alpha value is -6.94. The van der Waals surface area contributed by atoms with Gasteiger partial charge in [0.05, 0.1) is 16.4 Å². The molecule has 0 fully saturated rings. The zero-order valence-corrected chi connectivity index (χ0v) is 33.1. The third-order valence-corrected chi connectivity index (χ3v) is 12.9. The van der Waals surface area contributed by atoms with Crippen LogP contribution in [0.4, 0.5) is 17.1 Å². The van der Waals surface area contributed by atoms with Gasteiger partial charge in [0.1, 0.15) is 0 Å². The van der Waals surface area contributed by atoms with Gasteiger partial charge in [0.2, 0.25) is 0 Å². The van der Waals surface area contributed by atoms with Crippen LogP contribution in [-0.4, -0.2) is 4.57 Å². The van der Waals surface area contributed by atoms with Crippen LogP contribution in [0.15, 0.2) is 217 Å². The predicted molar refractivity (Wildman–Crippen MR) is 245 cm³/mol. The maximum absolute atomic E-state index is 4.00. The lowest BCUT2D eigenvalue weighted by Crippen LogP contribution is -2.26. The Morgan fingerprint density at radius 2 is 0.845 bits per heavy atom. The summed E-state index contributed by atoms with van der Waals surface area (Å²) in [6.07, 6.45) is 0. The van der Waals surface area contributed by atoms with Gasteiger partial charge in [-0.25, -0.2) is 0 Å². The molecule has 2 aliphatic carbocycles. The molecule has 0 saturated carbocycles. The fourth-order valence-electron chi connectivity index (χ4n) is 10.1. The standard InChI is InChI=1S/C55H35BrN2/c56-38-32-41(34-42(33-38)58-53-24-12-7-19-47(53)48-20-8-13-25-54(48)58)57(39-28-26-37(27-29-39)36-14-2-1-3-15-36)40-30-31-46-45-18-6-11-23-51(45)55(52(46)35-40)49-21-9-4-16-43(49)44-17-5-10-22-50(44)55/h1-35H. The average Bonchev–Trinajstić information content (AvgIpc) is 3.89. The molecular weight excluding hydrogens is 769 g/mol. The van der Waals surface area contributed by atoms with Crippen molar-refractivity contribution >= 4 is 54.8 Å². The number of benzene rings is 9. The molecule has 0 unspecified atom stereocenters. The number of anilines is 3. The minimum absolute atomic E-state index is 0.441. The molecule has 9 aromatic carbocycles. The van der Waals surface area contributed by atoms with Crippen LogP contribution in [0, 0.1) is 0 Å². The van der Waals surface area contributed by atoms with E-state index in [1.54, 1.807) is 0 Å². The zero-order chi connectivity index (χ0) is 38.4. The topological polar surface area (TPSA) is 8.17 Å². The second kappa shape index (κ2) is 12.8. The van der Waals surface area contributed by atoms with Gasteiger partial charge in [0.15, 0.2) is 0 Å². The van der Waals surface area contributed by atoms with Crippen molar-refractivity contribution in [2.24, 2.45) is 0 Å². The van der Waals surface area contributed by atoms with Crippen molar-refractivity contribution in [1.82, 2.24) is 4.57 Å². The van der Waals surface area contributed by atoms with Gasteiger partial charge < -0.3 is 9.47 Å². The van der Waals surface area contributed by atoms with Gasteiger partial charge in [0.25, 0.3) is 0 Å². The van der Waals surface area contributed by atoms with Gasteiger partial charge in [-0.05, 0) is 110 Å². The van der Waals surface area contributed by atoms with Crippen molar-refractivity contribution in [3.05, 3.63) is 239 Å². The van der Waals surface area contributed by atoms with E-state index in [0.717, 1.165) is 27.2 Å². The largest absolute Gasteiger partial charge is 0.310 e. The minimum Gasteiger partial charge on any atom is -0.310 e. The second-order valence-corrected chi connectivity index (χ2v) is 16.3. The van der Waals surface area contributed by atoms with Crippen LogP contribution < -0.4 is 4.90 Å². The molecule has 0 radical (unpaired) electrons. The summed E-state index contributed by atoms with van der Waals surface area (Å²) in [7, 11) is 0. The molecule has 0 saturated heterocycles. The zero-order valence-electron chi connectivity index (χ0n) is 31.5. The van der Waals surface area contributed by atoms with Gasteiger partial charge in [0, 0.05) is 38.0 Å². The van der Waals surface area contributed by atoms with Crippen LogP contribution in [0.1, 0.15) is 22.3 Å². The number of halogens is 1. The highest BCUT2D eigenvalue weighted by Crippen LogP contribution is 2.63. The summed E-state index contributed by atoms with van der Waals surface area (Å²) in [6, 6.07) is 78.1. The number of fused-ring (bicyclic) bond motifs is 13. The van der Waals surface area contributed by atoms with Gasteiger partial charge >= 0.3 is 0 Å². The number of nitrogens with zero attached hydrogens (tertiary/aromatic N) is 2. The van der Waals surface area contributed by atoms with E-state index in [2.05, 4.69) is 238 Å². The molecule has 58 heavy (non-hydrogen) atoms. The molecule has 1 heterocycles. The van der Waals surface area contributed by atoms with E-state index in [1.165, 1.54) is 77.4 Å². The molecule has 0 N–H and O–H groups in total. The van der Waals surface area contributed by atoms with Crippen LogP contribution >= 0.6 is 15.9 Å². The Morgan fingerprint density at radius 1 is 0.362 bits per heavy atom. The van der Waals surface area contributed by atoms with Gasteiger partial charge in [-0.3, -0.25) is 0 Å². The van der Waals surface area contributed by atoms with Gasteiger partial charge in [-0.2, -0.15) is 0 Å². The van der Waals surface area contributed by atoms with Crippen molar-refractivity contribution in [2.75, 3.05) is 4.90 Å². The van der Waals surface area contributed by atoms with Gasteiger partial charge in [-0.1, -0.05) is 174 Å². The normalized spacial score (nSPS) is 13.1. The molecule has 12 rings (SSSR count). The van der Waals surface area contributed by atoms with Gasteiger partial charge in [-0.15, -0.1) is 0 Å². The molecule has 10 aromatic rings. The molecule has 2 nitrogen and oxygen atoms in total. The lowest BCUT2D eigenvalue weighted by molar-refractivity contribution is 0.793. The minimum atomic E-state index is -0.441. The Kier molecular flexibility index (Phi) is 7.33. The first-order valence-electron chi connectivity index (χ1n) is 19.9. The molecule has 1 aromatic heterocycles. The second-order valence-electron chi connectivity index (χ2n) is 15.4. The fraction of sp³-hybridized carbons (Fsp3) is 0.0182. The molecule has 1 spiro atoms. The van der Waals surface area contributed by atoms with E-state index in [9.17, 15) is 0 Å². The molecule has 2 aliphatic rings.